The quantitative estimate of drug-likeness (QED) is 0.646. The van der Waals surface area contributed by atoms with Gasteiger partial charge in [0, 0.05) is 5.88 Å². The van der Waals surface area contributed by atoms with E-state index in [1.807, 2.05) is 37.3 Å². The van der Waals surface area contributed by atoms with Crippen molar-refractivity contribution in [1.82, 2.24) is 0 Å². The Balaban J connectivity index is 2.65. The van der Waals surface area contributed by atoms with Gasteiger partial charge in [-0.3, -0.25) is 4.79 Å². The number of fused-ring (bicyclic) bond motifs is 1. The Kier molecular flexibility index (Phi) is 2.20. The summed E-state index contributed by atoms with van der Waals surface area (Å²) < 4.78 is 0. The third-order valence-electron chi connectivity index (χ3n) is 2.78. The molecule has 1 atom stereocenters. The molecule has 0 bridgehead atoms. The molecule has 1 aliphatic carbocycles. The summed E-state index contributed by atoms with van der Waals surface area (Å²) in [6.45, 7) is 1.89. The molecule has 2 rings (SSSR count). The molecule has 0 heterocycles. The van der Waals surface area contributed by atoms with Crippen LogP contribution in [0.15, 0.2) is 30.3 Å². The molecule has 0 amide bonds. The molecule has 0 radical (unpaired) electrons. The smallest absolute Gasteiger partial charge is 0.167 e. The van der Waals surface area contributed by atoms with Gasteiger partial charge < -0.3 is 0 Å². The van der Waals surface area contributed by atoms with Crippen LogP contribution in [0.4, 0.5) is 0 Å². The van der Waals surface area contributed by atoms with Crippen molar-refractivity contribution in [2.24, 2.45) is 0 Å². The lowest BCUT2D eigenvalue weighted by Gasteiger charge is -2.29. The average Bonchev–Trinajstić information content (AvgIpc) is 2.24. The Bertz CT molecular complexity index is 409. The first-order valence-electron chi connectivity index (χ1n) is 4.56. The molecular formula is C12H11ClO. The molecule has 1 aliphatic rings. The van der Waals surface area contributed by atoms with Crippen LogP contribution >= 0.6 is 11.6 Å². The van der Waals surface area contributed by atoms with Crippen molar-refractivity contribution < 1.29 is 4.79 Å². The van der Waals surface area contributed by atoms with Crippen LogP contribution < -0.4 is 0 Å². The van der Waals surface area contributed by atoms with Crippen molar-refractivity contribution in [3.05, 3.63) is 41.5 Å². The van der Waals surface area contributed by atoms with E-state index in [0.717, 1.165) is 11.1 Å². The van der Waals surface area contributed by atoms with Crippen LogP contribution in [0.5, 0.6) is 0 Å². The molecule has 1 aromatic carbocycles. The topological polar surface area (TPSA) is 17.1 Å². The van der Waals surface area contributed by atoms with Crippen molar-refractivity contribution in [2.45, 2.75) is 12.3 Å². The monoisotopic (exact) mass is 206 g/mol. The highest BCUT2D eigenvalue weighted by Gasteiger charge is 2.36. The van der Waals surface area contributed by atoms with Gasteiger partial charge in [-0.2, -0.15) is 0 Å². The minimum atomic E-state index is -0.549. The van der Waals surface area contributed by atoms with Gasteiger partial charge in [0.05, 0.1) is 5.41 Å². The van der Waals surface area contributed by atoms with E-state index < -0.39 is 5.41 Å². The average molecular weight is 207 g/mol. The van der Waals surface area contributed by atoms with Crippen molar-refractivity contribution >= 4 is 23.5 Å². The molecule has 72 valence electrons. The van der Waals surface area contributed by atoms with Crippen LogP contribution in [0.25, 0.3) is 6.08 Å². The molecule has 0 aliphatic heterocycles. The summed E-state index contributed by atoms with van der Waals surface area (Å²) in [4.78, 5) is 11.7. The lowest BCUT2D eigenvalue weighted by Crippen LogP contribution is -2.35. The standard InChI is InChI=1S/C12H11ClO/c1-12(8-13)10-5-3-2-4-9(10)6-7-11(12)14/h2-7H,8H2,1H3/t12-/m0/s1. The number of rotatable bonds is 1. The van der Waals surface area contributed by atoms with Crippen molar-refractivity contribution in [2.75, 3.05) is 5.88 Å². The molecule has 1 nitrogen and oxygen atoms in total. The number of hydrogen-bond donors (Lipinski definition) is 0. The zero-order chi connectivity index (χ0) is 10.2. The largest absolute Gasteiger partial charge is 0.294 e. The minimum absolute atomic E-state index is 0.0891. The number of hydrogen-bond acceptors (Lipinski definition) is 1. The van der Waals surface area contributed by atoms with E-state index in [1.54, 1.807) is 6.08 Å². The summed E-state index contributed by atoms with van der Waals surface area (Å²) in [6.07, 6.45) is 3.47. The van der Waals surface area contributed by atoms with Gasteiger partial charge in [0.2, 0.25) is 0 Å². The van der Waals surface area contributed by atoms with Gasteiger partial charge in [0.15, 0.2) is 5.78 Å². The number of benzene rings is 1. The van der Waals surface area contributed by atoms with Gasteiger partial charge in [0.25, 0.3) is 0 Å². The molecule has 0 fully saturated rings. The second-order valence-electron chi connectivity index (χ2n) is 3.75. The fraction of sp³-hybridized carbons (Fsp3) is 0.250. The minimum Gasteiger partial charge on any atom is -0.294 e. The van der Waals surface area contributed by atoms with E-state index >= 15 is 0 Å². The second kappa shape index (κ2) is 3.25. The van der Waals surface area contributed by atoms with Crippen LogP contribution in [-0.4, -0.2) is 11.7 Å². The van der Waals surface area contributed by atoms with Gasteiger partial charge in [-0.15, -0.1) is 11.6 Å². The van der Waals surface area contributed by atoms with E-state index in [4.69, 9.17) is 11.6 Å². The second-order valence-corrected chi connectivity index (χ2v) is 4.02. The zero-order valence-corrected chi connectivity index (χ0v) is 8.71. The van der Waals surface area contributed by atoms with Crippen LogP contribution in [0.1, 0.15) is 18.1 Å². The number of halogens is 1. The van der Waals surface area contributed by atoms with Crippen molar-refractivity contribution in [3.8, 4) is 0 Å². The van der Waals surface area contributed by atoms with E-state index in [-0.39, 0.29) is 5.78 Å². The molecule has 0 aromatic heterocycles. The highest BCUT2D eigenvalue weighted by Crippen LogP contribution is 2.33. The molecule has 2 heteroatoms. The van der Waals surface area contributed by atoms with Gasteiger partial charge in [-0.05, 0) is 24.1 Å². The van der Waals surface area contributed by atoms with Crippen molar-refractivity contribution in [3.63, 3.8) is 0 Å². The van der Waals surface area contributed by atoms with Gasteiger partial charge in [0.1, 0.15) is 0 Å². The number of carbonyl (C=O) groups excluding carboxylic acids is 1. The lowest BCUT2D eigenvalue weighted by molar-refractivity contribution is -0.118. The summed E-state index contributed by atoms with van der Waals surface area (Å²) >= 11 is 5.89. The Labute approximate surface area is 88.4 Å². The number of carbonyl (C=O) groups is 1. The van der Waals surface area contributed by atoms with E-state index in [2.05, 4.69) is 0 Å². The van der Waals surface area contributed by atoms with Crippen LogP contribution in [0.2, 0.25) is 0 Å². The molecule has 0 spiro atoms. The predicted octanol–water partition coefficient (Wildman–Crippen LogP) is 2.78. The molecule has 0 N–H and O–H groups in total. The molecule has 0 unspecified atom stereocenters. The highest BCUT2D eigenvalue weighted by molar-refractivity contribution is 6.22. The SMILES string of the molecule is C[C@@]1(CCl)C(=O)C=Cc2ccccc21. The normalized spacial score (nSPS) is 24.9. The van der Waals surface area contributed by atoms with E-state index in [9.17, 15) is 4.79 Å². The third-order valence-corrected chi connectivity index (χ3v) is 3.32. The number of ketones is 1. The molecule has 1 aromatic rings. The zero-order valence-electron chi connectivity index (χ0n) is 7.96. The van der Waals surface area contributed by atoms with E-state index in [1.165, 1.54) is 0 Å². The Morgan fingerprint density at radius 2 is 2.00 bits per heavy atom. The summed E-state index contributed by atoms with van der Waals surface area (Å²) in [6, 6.07) is 7.88. The predicted molar refractivity (Wildman–Crippen MR) is 58.6 cm³/mol. The molecule has 14 heavy (non-hydrogen) atoms. The molecule has 0 saturated carbocycles. The number of alkyl halides is 1. The first-order chi connectivity index (χ1) is 6.68. The van der Waals surface area contributed by atoms with Crippen molar-refractivity contribution in [1.29, 1.82) is 0 Å². The first kappa shape index (κ1) is 9.47. The van der Waals surface area contributed by atoms with Gasteiger partial charge >= 0.3 is 0 Å². The Morgan fingerprint density at radius 3 is 2.71 bits per heavy atom. The maximum absolute atomic E-state index is 11.7. The Hall–Kier alpha value is -1.08. The maximum Gasteiger partial charge on any atom is 0.167 e. The highest BCUT2D eigenvalue weighted by atomic mass is 35.5. The summed E-state index contributed by atoms with van der Waals surface area (Å²) in [5.41, 5.74) is 1.57. The van der Waals surface area contributed by atoms with Crippen LogP contribution in [0.3, 0.4) is 0 Å². The van der Waals surface area contributed by atoms with Crippen LogP contribution in [-0.2, 0) is 10.2 Å². The lowest BCUT2D eigenvalue weighted by atomic mass is 9.75. The molecular weight excluding hydrogens is 196 g/mol. The summed E-state index contributed by atoms with van der Waals surface area (Å²) in [5.74, 6) is 0.416. The summed E-state index contributed by atoms with van der Waals surface area (Å²) in [5, 5.41) is 0. The fourth-order valence-electron chi connectivity index (χ4n) is 1.76. The summed E-state index contributed by atoms with van der Waals surface area (Å²) in [7, 11) is 0. The van der Waals surface area contributed by atoms with Gasteiger partial charge in [-0.1, -0.05) is 30.3 Å². The van der Waals surface area contributed by atoms with E-state index in [0.29, 0.717) is 5.88 Å². The maximum atomic E-state index is 11.7. The van der Waals surface area contributed by atoms with Gasteiger partial charge in [-0.25, -0.2) is 0 Å². The third kappa shape index (κ3) is 1.20. The number of allylic oxidation sites excluding steroid dienone is 1. The first-order valence-corrected chi connectivity index (χ1v) is 5.10. The van der Waals surface area contributed by atoms with Crippen LogP contribution in [0, 0.1) is 0 Å². The fourth-order valence-corrected chi connectivity index (χ4v) is 2.04. The Morgan fingerprint density at radius 1 is 1.29 bits per heavy atom. The molecule has 0 saturated heterocycles.